The smallest absolute Gasteiger partial charge is 0.338 e. The minimum absolute atomic E-state index is 0.260. The summed E-state index contributed by atoms with van der Waals surface area (Å²) < 4.78 is 5.33. The summed E-state index contributed by atoms with van der Waals surface area (Å²) in [4.78, 5) is 34.5. The van der Waals surface area contributed by atoms with Gasteiger partial charge in [-0.25, -0.2) is 9.78 Å². The molecule has 0 saturated heterocycles. The Morgan fingerprint density at radius 1 is 1.07 bits per heavy atom. The topological polar surface area (TPSA) is 87.3 Å². The summed E-state index contributed by atoms with van der Waals surface area (Å²) in [6, 6.07) is 11.9. The number of fused-ring (bicyclic) bond motifs is 1. The molecule has 0 atom stereocenters. The summed E-state index contributed by atoms with van der Waals surface area (Å²) in [6.07, 6.45) is 0. The fourth-order valence-corrected chi connectivity index (χ4v) is 2.81. The molecule has 0 aliphatic heterocycles. The third kappa shape index (κ3) is 5.42. The van der Waals surface area contributed by atoms with E-state index >= 15 is 0 Å². The number of anilines is 1. The van der Waals surface area contributed by atoms with Crippen LogP contribution >= 0.6 is 0 Å². The van der Waals surface area contributed by atoms with Gasteiger partial charge in [-0.1, -0.05) is 0 Å². The van der Waals surface area contributed by atoms with Crippen molar-refractivity contribution in [2.45, 2.75) is 32.9 Å². The number of rotatable bonds is 5. The Morgan fingerprint density at radius 3 is 2.34 bits per heavy atom. The van der Waals surface area contributed by atoms with Crippen molar-refractivity contribution in [1.82, 2.24) is 14.9 Å². The number of hydrogen-bond acceptors (Lipinski definition) is 5. The second kappa shape index (κ2) is 8.05. The van der Waals surface area contributed by atoms with E-state index in [1.807, 2.05) is 58.0 Å². The van der Waals surface area contributed by atoms with Crippen LogP contribution in [0.2, 0.25) is 0 Å². The fourth-order valence-electron chi connectivity index (χ4n) is 2.81. The van der Waals surface area contributed by atoms with Crippen LogP contribution in [0.15, 0.2) is 42.5 Å². The largest absolute Gasteiger partial charge is 0.456 e. The van der Waals surface area contributed by atoms with E-state index in [-0.39, 0.29) is 5.91 Å². The zero-order chi connectivity index (χ0) is 21.2. The van der Waals surface area contributed by atoms with E-state index in [0.717, 1.165) is 16.9 Å². The van der Waals surface area contributed by atoms with Crippen LogP contribution in [0.5, 0.6) is 0 Å². The quantitative estimate of drug-likeness (QED) is 0.642. The van der Waals surface area contributed by atoms with Gasteiger partial charge in [0.15, 0.2) is 0 Å². The highest BCUT2D eigenvalue weighted by Gasteiger charge is 2.18. The van der Waals surface area contributed by atoms with Crippen LogP contribution in [0.3, 0.4) is 0 Å². The summed E-state index contributed by atoms with van der Waals surface area (Å²) >= 11 is 0. The molecule has 0 aliphatic carbocycles. The average molecular weight is 394 g/mol. The predicted octanol–water partition coefficient (Wildman–Crippen LogP) is 3.83. The van der Waals surface area contributed by atoms with Crippen LogP contribution in [0.4, 0.5) is 5.69 Å². The van der Waals surface area contributed by atoms with E-state index < -0.39 is 11.6 Å². The van der Waals surface area contributed by atoms with Crippen molar-refractivity contribution >= 4 is 28.6 Å². The van der Waals surface area contributed by atoms with Crippen LogP contribution in [0.25, 0.3) is 11.0 Å². The van der Waals surface area contributed by atoms with E-state index in [2.05, 4.69) is 15.3 Å². The molecule has 7 nitrogen and oxygen atoms in total. The molecule has 2 N–H and O–H groups in total. The molecular weight excluding hydrogens is 368 g/mol. The molecule has 2 aromatic carbocycles. The summed E-state index contributed by atoms with van der Waals surface area (Å²) in [7, 11) is 3.96. The standard InChI is InChI=1S/C22H26N4O3/c1-22(2,3)29-21(28)15-8-6-14(7-9-15)20(27)23-16-10-11-17-18(12-16)25-19(24-17)13-26(4)5/h6-12H,13H2,1-5H3,(H,23,27)(H,24,25). The van der Waals surface area contributed by atoms with E-state index in [9.17, 15) is 9.59 Å². The highest BCUT2D eigenvalue weighted by molar-refractivity contribution is 6.05. The first-order chi connectivity index (χ1) is 13.6. The van der Waals surface area contributed by atoms with E-state index in [4.69, 9.17) is 4.74 Å². The number of amides is 1. The molecule has 0 unspecified atom stereocenters. The maximum absolute atomic E-state index is 12.5. The molecule has 3 aromatic rings. The Bertz CT molecular complexity index is 1030. The van der Waals surface area contributed by atoms with Gasteiger partial charge < -0.3 is 19.9 Å². The van der Waals surface area contributed by atoms with Crippen molar-refractivity contribution in [2.75, 3.05) is 19.4 Å². The van der Waals surface area contributed by atoms with Crippen LogP contribution < -0.4 is 5.32 Å². The Labute approximate surface area is 170 Å². The van der Waals surface area contributed by atoms with Gasteiger partial charge >= 0.3 is 5.97 Å². The van der Waals surface area contributed by atoms with Crippen molar-refractivity contribution in [1.29, 1.82) is 0 Å². The molecule has 0 bridgehead atoms. The lowest BCUT2D eigenvalue weighted by Crippen LogP contribution is -2.24. The molecule has 0 saturated carbocycles. The molecule has 1 amide bonds. The second-order valence-electron chi connectivity index (χ2n) is 8.19. The number of esters is 1. The number of aromatic nitrogens is 2. The second-order valence-corrected chi connectivity index (χ2v) is 8.19. The average Bonchev–Trinajstić information content (AvgIpc) is 3.01. The number of nitrogens with zero attached hydrogens (tertiary/aromatic N) is 2. The van der Waals surface area contributed by atoms with Gasteiger partial charge in [-0.15, -0.1) is 0 Å². The Balaban J connectivity index is 1.70. The fraction of sp³-hybridized carbons (Fsp3) is 0.318. The van der Waals surface area contributed by atoms with Crippen LogP contribution in [0, 0.1) is 0 Å². The lowest BCUT2D eigenvalue weighted by molar-refractivity contribution is 0.00693. The number of imidazole rings is 1. The SMILES string of the molecule is CN(C)Cc1nc2cc(NC(=O)c3ccc(C(=O)OC(C)(C)C)cc3)ccc2[nH]1. The van der Waals surface area contributed by atoms with Gasteiger partial charge in [0.1, 0.15) is 11.4 Å². The van der Waals surface area contributed by atoms with Crippen LogP contribution in [-0.4, -0.2) is 46.4 Å². The lowest BCUT2D eigenvalue weighted by atomic mass is 10.1. The number of carbonyl (C=O) groups is 2. The Kier molecular flexibility index (Phi) is 5.70. The number of nitrogens with one attached hydrogen (secondary N) is 2. The third-order valence-electron chi connectivity index (χ3n) is 4.04. The summed E-state index contributed by atoms with van der Waals surface area (Å²) in [5, 5.41) is 2.87. The molecule has 0 spiro atoms. The minimum atomic E-state index is -0.565. The lowest BCUT2D eigenvalue weighted by Gasteiger charge is -2.19. The first-order valence-corrected chi connectivity index (χ1v) is 9.39. The van der Waals surface area contributed by atoms with Gasteiger partial charge in [0.2, 0.25) is 0 Å². The molecule has 1 aromatic heterocycles. The van der Waals surface area contributed by atoms with Crippen molar-refractivity contribution in [3.8, 4) is 0 Å². The molecule has 0 radical (unpaired) electrons. The predicted molar refractivity (Wildman–Crippen MR) is 113 cm³/mol. The van der Waals surface area contributed by atoms with E-state index in [0.29, 0.717) is 23.4 Å². The number of ether oxygens (including phenoxy) is 1. The van der Waals surface area contributed by atoms with E-state index in [1.54, 1.807) is 24.3 Å². The van der Waals surface area contributed by atoms with Gasteiger partial charge in [-0.3, -0.25) is 4.79 Å². The van der Waals surface area contributed by atoms with Crippen molar-refractivity contribution in [3.05, 3.63) is 59.4 Å². The normalized spacial score (nSPS) is 11.7. The van der Waals surface area contributed by atoms with E-state index in [1.165, 1.54) is 0 Å². The molecule has 1 heterocycles. The molecule has 3 rings (SSSR count). The molecular formula is C22H26N4O3. The van der Waals surface area contributed by atoms with Gasteiger partial charge in [-0.05, 0) is 77.3 Å². The molecule has 29 heavy (non-hydrogen) atoms. The van der Waals surface area contributed by atoms with Crippen LogP contribution in [-0.2, 0) is 11.3 Å². The Morgan fingerprint density at radius 2 is 1.72 bits per heavy atom. The summed E-state index contributed by atoms with van der Waals surface area (Å²) in [5.41, 5.74) is 2.66. The third-order valence-corrected chi connectivity index (χ3v) is 4.04. The van der Waals surface area contributed by atoms with Gasteiger partial charge in [-0.2, -0.15) is 0 Å². The van der Waals surface area contributed by atoms with Crippen molar-refractivity contribution in [2.24, 2.45) is 0 Å². The van der Waals surface area contributed by atoms with Gasteiger partial charge in [0, 0.05) is 11.3 Å². The number of aromatic amines is 1. The number of benzene rings is 2. The number of hydrogen-bond donors (Lipinski definition) is 2. The monoisotopic (exact) mass is 394 g/mol. The number of carbonyl (C=O) groups excluding carboxylic acids is 2. The van der Waals surface area contributed by atoms with Crippen molar-refractivity contribution < 1.29 is 14.3 Å². The van der Waals surface area contributed by atoms with Gasteiger partial charge in [0.05, 0.1) is 23.1 Å². The minimum Gasteiger partial charge on any atom is -0.456 e. The zero-order valence-corrected chi connectivity index (χ0v) is 17.4. The summed E-state index contributed by atoms with van der Waals surface area (Å²) in [6.45, 7) is 6.14. The first-order valence-electron chi connectivity index (χ1n) is 9.39. The first kappa shape index (κ1) is 20.5. The zero-order valence-electron chi connectivity index (χ0n) is 17.4. The summed E-state index contributed by atoms with van der Waals surface area (Å²) in [5.74, 6) is 0.192. The maximum atomic E-state index is 12.5. The highest BCUT2D eigenvalue weighted by atomic mass is 16.6. The maximum Gasteiger partial charge on any atom is 0.338 e. The molecule has 152 valence electrons. The van der Waals surface area contributed by atoms with Crippen molar-refractivity contribution in [3.63, 3.8) is 0 Å². The highest BCUT2D eigenvalue weighted by Crippen LogP contribution is 2.19. The van der Waals surface area contributed by atoms with Gasteiger partial charge in [0.25, 0.3) is 5.91 Å². The van der Waals surface area contributed by atoms with Crippen LogP contribution in [0.1, 0.15) is 47.3 Å². The molecule has 7 heteroatoms. The molecule has 0 aliphatic rings. The Hall–Kier alpha value is -3.19. The number of H-pyrrole nitrogens is 1. The molecule has 0 fully saturated rings.